The minimum atomic E-state index is -1.08. The Morgan fingerprint density at radius 2 is 2.24 bits per heavy atom. The molecule has 1 aliphatic heterocycles. The van der Waals surface area contributed by atoms with Crippen molar-refractivity contribution in [3.05, 3.63) is 48.3 Å². The third kappa shape index (κ3) is 4.47. The van der Waals surface area contributed by atoms with Crippen LogP contribution in [0.4, 0.5) is 4.79 Å². The minimum Gasteiger partial charge on any atom is -0.489 e. The molecule has 0 saturated heterocycles. The number of benzene rings is 1. The van der Waals surface area contributed by atoms with Crippen LogP contribution >= 0.6 is 0 Å². The second-order valence-electron chi connectivity index (χ2n) is 5.81. The van der Waals surface area contributed by atoms with E-state index in [-0.39, 0.29) is 12.6 Å². The van der Waals surface area contributed by atoms with Crippen LogP contribution in [0.25, 0.3) is 11.1 Å². The summed E-state index contributed by atoms with van der Waals surface area (Å²) in [5.41, 5.74) is 3.69. The number of aryl methyl sites for hydroxylation is 1. The molecule has 25 heavy (non-hydrogen) atoms. The van der Waals surface area contributed by atoms with Crippen LogP contribution in [0.5, 0.6) is 5.75 Å². The van der Waals surface area contributed by atoms with E-state index in [1.807, 2.05) is 37.4 Å². The Hall–Kier alpha value is -3.09. The number of aromatic nitrogens is 1. The molecule has 0 aliphatic carbocycles. The van der Waals surface area contributed by atoms with Gasteiger partial charge < -0.3 is 20.0 Å². The molecule has 0 spiro atoms. The van der Waals surface area contributed by atoms with Crippen LogP contribution in [-0.4, -0.2) is 41.2 Å². The van der Waals surface area contributed by atoms with Gasteiger partial charge in [-0.25, -0.2) is 4.79 Å². The molecule has 2 heterocycles. The first-order valence-electron chi connectivity index (χ1n) is 7.94. The second-order valence-corrected chi connectivity index (χ2v) is 5.81. The van der Waals surface area contributed by atoms with E-state index in [0.717, 1.165) is 22.4 Å². The van der Waals surface area contributed by atoms with Gasteiger partial charge in [0.05, 0.1) is 12.3 Å². The van der Waals surface area contributed by atoms with Crippen LogP contribution in [0.1, 0.15) is 12.0 Å². The Kier molecular flexibility index (Phi) is 5.13. The summed E-state index contributed by atoms with van der Waals surface area (Å²) in [5.74, 6) is 0.746. The molecule has 7 nitrogen and oxygen atoms in total. The van der Waals surface area contributed by atoms with E-state index < -0.39 is 6.09 Å². The molecule has 1 aromatic carbocycles. The highest BCUT2D eigenvalue weighted by Gasteiger charge is 2.22. The van der Waals surface area contributed by atoms with Crippen molar-refractivity contribution < 1.29 is 19.5 Å². The number of para-hydroxylation sites is 1. The minimum absolute atomic E-state index is 0.164. The maximum atomic E-state index is 10.5. The standard InChI is InChI=1S/C18H19N3O4/c1-12-6-13(9-19-8-12)16-4-2-3-5-17(16)24-11-15-7-14(21-25-15)10-20-18(22)23/h2-6,8-9,15,20H,7,10-11H2,1H3,(H,22,23). The predicted octanol–water partition coefficient (Wildman–Crippen LogP) is 2.85. The van der Waals surface area contributed by atoms with Crippen molar-refractivity contribution in [2.45, 2.75) is 19.4 Å². The highest BCUT2D eigenvalue weighted by atomic mass is 16.7. The zero-order chi connectivity index (χ0) is 17.6. The van der Waals surface area contributed by atoms with Crippen molar-refractivity contribution >= 4 is 11.8 Å². The zero-order valence-corrected chi connectivity index (χ0v) is 13.8. The molecular weight excluding hydrogens is 322 g/mol. The van der Waals surface area contributed by atoms with E-state index in [9.17, 15) is 4.79 Å². The van der Waals surface area contributed by atoms with Crippen molar-refractivity contribution in [2.75, 3.05) is 13.2 Å². The predicted molar refractivity (Wildman–Crippen MR) is 92.9 cm³/mol. The van der Waals surface area contributed by atoms with E-state index in [0.29, 0.717) is 18.7 Å². The Morgan fingerprint density at radius 3 is 3.04 bits per heavy atom. The molecule has 0 fully saturated rings. The normalized spacial score (nSPS) is 16.0. The number of oxime groups is 1. The number of carboxylic acid groups (broad SMARTS) is 1. The van der Waals surface area contributed by atoms with Gasteiger partial charge in [-0.15, -0.1) is 0 Å². The molecule has 1 amide bonds. The summed E-state index contributed by atoms with van der Waals surface area (Å²) in [6.45, 7) is 2.49. The third-order valence-corrected chi connectivity index (χ3v) is 3.74. The zero-order valence-electron chi connectivity index (χ0n) is 13.8. The average Bonchev–Trinajstić information content (AvgIpc) is 3.06. The summed E-state index contributed by atoms with van der Waals surface area (Å²) >= 11 is 0. The average molecular weight is 341 g/mol. The fourth-order valence-corrected chi connectivity index (χ4v) is 2.57. The summed E-state index contributed by atoms with van der Waals surface area (Å²) in [4.78, 5) is 20.0. The molecule has 1 unspecified atom stereocenters. The lowest BCUT2D eigenvalue weighted by molar-refractivity contribution is 0.0472. The van der Waals surface area contributed by atoms with Gasteiger partial charge in [0.2, 0.25) is 0 Å². The van der Waals surface area contributed by atoms with E-state index >= 15 is 0 Å². The van der Waals surface area contributed by atoms with Gasteiger partial charge in [-0.2, -0.15) is 0 Å². The molecular formula is C18H19N3O4. The van der Waals surface area contributed by atoms with Gasteiger partial charge in [0, 0.05) is 29.9 Å². The van der Waals surface area contributed by atoms with E-state index in [4.69, 9.17) is 14.7 Å². The largest absolute Gasteiger partial charge is 0.489 e. The molecule has 2 aromatic rings. The van der Waals surface area contributed by atoms with Gasteiger partial charge in [-0.1, -0.05) is 23.4 Å². The summed E-state index contributed by atoms with van der Waals surface area (Å²) in [6, 6.07) is 9.81. The van der Waals surface area contributed by atoms with Gasteiger partial charge in [0.25, 0.3) is 0 Å². The van der Waals surface area contributed by atoms with Crippen molar-refractivity contribution in [1.29, 1.82) is 0 Å². The number of hydrogen-bond donors (Lipinski definition) is 2. The number of carbonyl (C=O) groups is 1. The molecule has 1 aliphatic rings. The van der Waals surface area contributed by atoms with E-state index in [2.05, 4.69) is 21.5 Å². The summed E-state index contributed by atoms with van der Waals surface area (Å²) in [7, 11) is 0. The Balaban J connectivity index is 1.61. The summed E-state index contributed by atoms with van der Waals surface area (Å²) in [5, 5.41) is 14.8. The van der Waals surface area contributed by atoms with E-state index in [1.165, 1.54) is 0 Å². The highest BCUT2D eigenvalue weighted by Crippen LogP contribution is 2.30. The Morgan fingerprint density at radius 1 is 1.40 bits per heavy atom. The van der Waals surface area contributed by atoms with Crippen molar-refractivity contribution in [3.63, 3.8) is 0 Å². The SMILES string of the molecule is Cc1cncc(-c2ccccc2OCC2CC(CNC(=O)O)=NO2)c1. The van der Waals surface area contributed by atoms with Gasteiger partial charge in [0.15, 0.2) is 6.10 Å². The number of rotatable bonds is 6. The van der Waals surface area contributed by atoms with Gasteiger partial charge in [-0.3, -0.25) is 4.98 Å². The molecule has 130 valence electrons. The lowest BCUT2D eigenvalue weighted by Gasteiger charge is -2.14. The number of nitrogens with zero attached hydrogens (tertiary/aromatic N) is 2. The van der Waals surface area contributed by atoms with Crippen molar-refractivity contribution in [1.82, 2.24) is 10.3 Å². The fraction of sp³-hybridized carbons (Fsp3) is 0.278. The fourth-order valence-electron chi connectivity index (χ4n) is 2.57. The smallest absolute Gasteiger partial charge is 0.404 e. The van der Waals surface area contributed by atoms with Gasteiger partial charge in [-0.05, 0) is 24.6 Å². The van der Waals surface area contributed by atoms with Crippen LogP contribution in [0.3, 0.4) is 0 Å². The molecule has 3 rings (SSSR count). The molecule has 0 radical (unpaired) electrons. The van der Waals surface area contributed by atoms with Crippen LogP contribution in [0.2, 0.25) is 0 Å². The van der Waals surface area contributed by atoms with Crippen LogP contribution < -0.4 is 10.1 Å². The topological polar surface area (TPSA) is 93.0 Å². The Bertz CT molecular complexity index is 791. The number of pyridine rings is 1. The first kappa shape index (κ1) is 16.8. The van der Waals surface area contributed by atoms with Crippen LogP contribution in [-0.2, 0) is 4.84 Å². The number of nitrogens with one attached hydrogen (secondary N) is 1. The molecule has 0 bridgehead atoms. The summed E-state index contributed by atoms with van der Waals surface area (Å²) in [6.07, 6.45) is 2.84. The molecule has 0 saturated carbocycles. The lowest BCUT2D eigenvalue weighted by atomic mass is 10.1. The molecule has 1 aromatic heterocycles. The van der Waals surface area contributed by atoms with Crippen molar-refractivity contribution in [3.8, 4) is 16.9 Å². The first-order chi connectivity index (χ1) is 12.1. The lowest BCUT2D eigenvalue weighted by Crippen LogP contribution is -2.28. The van der Waals surface area contributed by atoms with E-state index in [1.54, 1.807) is 6.20 Å². The summed E-state index contributed by atoms with van der Waals surface area (Å²) < 4.78 is 5.93. The van der Waals surface area contributed by atoms with Crippen LogP contribution in [0, 0.1) is 6.92 Å². The Labute approximate surface area is 145 Å². The number of amides is 1. The maximum absolute atomic E-state index is 10.5. The molecule has 1 atom stereocenters. The number of hydrogen-bond acceptors (Lipinski definition) is 5. The molecule has 7 heteroatoms. The first-order valence-corrected chi connectivity index (χ1v) is 7.94. The van der Waals surface area contributed by atoms with Gasteiger partial charge >= 0.3 is 6.09 Å². The second kappa shape index (κ2) is 7.65. The van der Waals surface area contributed by atoms with Crippen molar-refractivity contribution in [2.24, 2.45) is 5.16 Å². The third-order valence-electron chi connectivity index (χ3n) is 3.74. The maximum Gasteiger partial charge on any atom is 0.404 e. The van der Waals surface area contributed by atoms with Gasteiger partial charge in [0.1, 0.15) is 12.4 Å². The highest BCUT2D eigenvalue weighted by molar-refractivity contribution is 5.89. The van der Waals surface area contributed by atoms with Crippen LogP contribution in [0.15, 0.2) is 47.9 Å². The quantitative estimate of drug-likeness (QED) is 0.843. The molecule has 2 N–H and O–H groups in total. The number of ether oxygens (including phenoxy) is 1. The monoisotopic (exact) mass is 341 g/mol.